The van der Waals surface area contributed by atoms with Crippen LogP contribution in [0.1, 0.15) is 30.9 Å². The number of nitrogens with one attached hydrogen (secondary N) is 1. The molecule has 17 heavy (non-hydrogen) atoms. The van der Waals surface area contributed by atoms with Gasteiger partial charge < -0.3 is 14.8 Å². The summed E-state index contributed by atoms with van der Waals surface area (Å²) in [5.74, 6) is 1.01. The molecule has 1 atom stereocenters. The highest BCUT2D eigenvalue weighted by molar-refractivity contribution is 5.49. The quantitative estimate of drug-likeness (QED) is 0.813. The monoisotopic (exact) mass is 237 g/mol. The molecule has 92 valence electrons. The zero-order valence-electron chi connectivity index (χ0n) is 9.67. The van der Waals surface area contributed by atoms with Crippen molar-refractivity contribution >= 4 is 0 Å². The molecule has 4 heteroatoms. The highest BCUT2D eigenvalue weighted by Crippen LogP contribution is 2.40. The largest absolute Gasteiger partial charge is 0.486 e. The molecule has 0 aromatic heterocycles. The predicted octanol–water partition coefficient (Wildman–Crippen LogP) is 2.41. The van der Waals surface area contributed by atoms with Gasteiger partial charge in [0.2, 0.25) is 0 Å². The van der Waals surface area contributed by atoms with E-state index >= 15 is 0 Å². The molecule has 0 amide bonds. The first kappa shape index (κ1) is 10.8. The fourth-order valence-corrected chi connectivity index (χ4v) is 2.52. The normalized spacial score (nSPS) is 23.5. The predicted molar refractivity (Wildman–Crippen MR) is 62.0 cm³/mol. The average molecular weight is 237 g/mol. The van der Waals surface area contributed by atoms with Crippen LogP contribution in [0.25, 0.3) is 0 Å². The minimum atomic E-state index is -0.253. The molecule has 3 rings (SSSR count). The van der Waals surface area contributed by atoms with Crippen LogP contribution in [0.4, 0.5) is 4.39 Å². The van der Waals surface area contributed by atoms with Crippen LogP contribution in [0, 0.1) is 5.82 Å². The first-order valence-electron chi connectivity index (χ1n) is 6.17. The lowest BCUT2D eigenvalue weighted by Gasteiger charge is -2.28. The molecule has 2 heterocycles. The number of hydrogen-bond acceptors (Lipinski definition) is 3. The van der Waals surface area contributed by atoms with E-state index in [1.807, 2.05) is 0 Å². The molecule has 0 spiro atoms. The van der Waals surface area contributed by atoms with Gasteiger partial charge in [-0.15, -0.1) is 0 Å². The third-order valence-corrected chi connectivity index (χ3v) is 3.32. The van der Waals surface area contributed by atoms with Gasteiger partial charge in [-0.25, -0.2) is 4.39 Å². The van der Waals surface area contributed by atoms with Crippen LogP contribution in [0.3, 0.4) is 0 Å². The Balaban J connectivity index is 1.98. The molecule has 0 aliphatic carbocycles. The van der Waals surface area contributed by atoms with E-state index in [-0.39, 0.29) is 11.9 Å². The number of halogens is 1. The van der Waals surface area contributed by atoms with Crippen LogP contribution < -0.4 is 14.8 Å². The van der Waals surface area contributed by atoms with Crippen molar-refractivity contribution in [2.75, 3.05) is 19.8 Å². The zero-order chi connectivity index (χ0) is 11.7. The number of fused-ring (bicyclic) bond motifs is 1. The van der Waals surface area contributed by atoms with Gasteiger partial charge in [0.1, 0.15) is 19.0 Å². The highest BCUT2D eigenvalue weighted by Gasteiger charge is 2.24. The Labute approximate surface area is 99.9 Å². The van der Waals surface area contributed by atoms with Crippen LogP contribution in [-0.4, -0.2) is 19.8 Å². The van der Waals surface area contributed by atoms with E-state index in [1.54, 1.807) is 6.07 Å². The topological polar surface area (TPSA) is 30.5 Å². The smallest absolute Gasteiger partial charge is 0.166 e. The van der Waals surface area contributed by atoms with Crippen molar-refractivity contribution in [3.8, 4) is 11.5 Å². The Morgan fingerprint density at radius 1 is 1.18 bits per heavy atom. The minimum Gasteiger partial charge on any atom is -0.486 e. The second kappa shape index (κ2) is 4.53. The zero-order valence-corrected chi connectivity index (χ0v) is 9.67. The van der Waals surface area contributed by atoms with Crippen LogP contribution in [0.15, 0.2) is 12.1 Å². The van der Waals surface area contributed by atoms with E-state index in [4.69, 9.17) is 9.47 Å². The molecule has 1 N–H and O–H groups in total. The molecule has 1 aromatic rings. The lowest BCUT2D eigenvalue weighted by atomic mass is 9.96. The van der Waals surface area contributed by atoms with Gasteiger partial charge in [-0.2, -0.15) is 0 Å². The van der Waals surface area contributed by atoms with Crippen LogP contribution in [-0.2, 0) is 0 Å². The van der Waals surface area contributed by atoms with Crippen LogP contribution in [0.5, 0.6) is 11.5 Å². The molecule has 1 unspecified atom stereocenters. The van der Waals surface area contributed by atoms with Crippen LogP contribution in [0.2, 0.25) is 0 Å². The van der Waals surface area contributed by atoms with Crippen molar-refractivity contribution in [3.05, 3.63) is 23.5 Å². The third-order valence-electron chi connectivity index (χ3n) is 3.32. The summed E-state index contributed by atoms with van der Waals surface area (Å²) in [6.45, 7) is 2.02. The van der Waals surface area contributed by atoms with E-state index in [1.165, 1.54) is 18.9 Å². The number of benzene rings is 1. The lowest BCUT2D eigenvalue weighted by Crippen LogP contribution is -2.28. The summed E-state index contributed by atoms with van der Waals surface area (Å²) in [6, 6.07) is 3.16. The highest BCUT2D eigenvalue weighted by atomic mass is 19.1. The Morgan fingerprint density at radius 2 is 2.06 bits per heavy atom. The average Bonchev–Trinajstić information content (AvgIpc) is 2.39. The molecule has 2 aliphatic rings. The van der Waals surface area contributed by atoms with Crippen molar-refractivity contribution in [2.45, 2.75) is 25.3 Å². The first-order valence-corrected chi connectivity index (χ1v) is 6.17. The lowest BCUT2D eigenvalue weighted by molar-refractivity contribution is 0.167. The third kappa shape index (κ3) is 2.09. The SMILES string of the molecule is Fc1cc2c(c(C3CCCCN3)c1)OCCO2. The second-order valence-electron chi connectivity index (χ2n) is 4.52. The summed E-state index contributed by atoms with van der Waals surface area (Å²) < 4.78 is 24.6. The standard InChI is InChI=1S/C13H16FNO2/c14-9-7-10(11-3-1-2-4-15-11)13-12(8-9)16-5-6-17-13/h7-8,11,15H,1-6H2. The summed E-state index contributed by atoms with van der Waals surface area (Å²) in [7, 11) is 0. The van der Waals surface area contributed by atoms with E-state index < -0.39 is 0 Å². The van der Waals surface area contributed by atoms with E-state index in [2.05, 4.69) is 5.32 Å². The minimum absolute atomic E-state index is 0.190. The maximum absolute atomic E-state index is 13.5. The molecule has 1 fully saturated rings. The molecule has 0 saturated carbocycles. The van der Waals surface area contributed by atoms with Gasteiger partial charge in [0.15, 0.2) is 11.5 Å². The fraction of sp³-hybridized carbons (Fsp3) is 0.538. The van der Waals surface area contributed by atoms with Gasteiger partial charge in [-0.1, -0.05) is 6.42 Å². The van der Waals surface area contributed by atoms with E-state index in [0.717, 1.165) is 24.3 Å². The Bertz CT molecular complexity index is 416. The number of hydrogen-bond donors (Lipinski definition) is 1. The number of rotatable bonds is 1. The maximum Gasteiger partial charge on any atom is 0.166 e. The Kier molecular flexibility index (Phi) is 2.89. The number of ether oxygens (including phenoxy) is 2. The molecule has 3 nitrogen and oxygen atoms in total. The van der Waals surface area contributed by atoms with Crippen molar-refractivity contribution < 1.29 is 13.9 Å². The molecule has 1 aromatic carbocycles. The van der Waals surface area contributed by atoms with Crippen molar-refractivity contribution in [2.24, 2.45) is 0 Å². The van der Waals surface area contributed by atoms with Crippen molar-refractivity contribution in [1.29, 1.82) is 0 Å². The fourth-order valence-electron chi connectivity index (χ4n) is 2.52. The van der Waals surface area contributed by atoms with Gasteiger partial charge in [0.25, 0.3) is 0 Å². The molecule has 1 saturated heterocycles. The molecular weight excluding hydrogens is 221 g/mol. The summed E-state index contributed by atoms with van der Waals surface area (Å²) in [4.78, 5) is 0. The van der Waals surface area contributed by atoms with Crippen molar-refractivity contribution in [1.82, 2.24) is 5.32 Å². The number of piperidine rings is 1. The van der Waals surface area contributed by atoms with Gasteiger partial charge in [-0.3, -0.25) is 0 Å². The molecule has 2 aliphatic heterocycles. The Hall–Kier alpha value is -1.29. The van der Waals surface area contributed by atoms with Gasteiger partial charge >= 0.3 is 0 Å². The summed E-state index contributed by atoms with van der Waals surface area (Å²) in [5, 5.41) is 3.41. The second-order valence-corrected chi connectivity index (χ2v) is 4.52. The van der Waals surface area contributed by atoms with Gasteiger partial charge in [-0.05, 0) is 25.5 Å². The van der Waals surface area contributed by atoms with Gasteiger partial charge in [0.05, 0.1) is 0 Å². The summed E-state index contributed by atoms with van der Waals surface area (Å²) in [5.41, 5.74) is 0.902. The molecule has 0 radical (unpaired) electrons. The van der Waals surface area contributed by atoms with Gasteiger partial charge in [0, 0.05) is 17.7 Å². The molecular formula is C13H16FNO2. The maximum atomic E-state index is 13.5. The first-order chi connectivity index (χ1) is 8.34. The Morgan fingerprint density at radius 3 is 2.88 bits per heavy atom. The van der Waals surface area contributed by atoms with E-state index in [0.29, 0.717) is 19.0 Å². The van der Waals surface area contributed by atoms with Crippen molar-refractivity contribution in [3.63, 3.8) is 0 Å². The molecule has 0 bridgehead atoms. The van der Waals surface area contributed by atoms with Crippen LogP contribution >= 0.6 is 0 Å². The summed E-state index contributed by atoms with van der Waals surface area (Å²) in [6.07, 6.45) is 3.38. The summed E-state index contributed by atoms with van der Waals surface area (Å²) >= 11 is 0. The van der Waals surface area contributed by atoms with E-state index in [9.17, 15) is 4.39 Å².